The molecule has 0 spiro atoms. The molecule has 0 aromatic heterocycles. The van der Waals surface area contributed by atoms with E-state index in [1.165, 1.54) is 0 Å². The number of rotatable bonds is 9. The van der Waals surface area contributed by atoms with Gasteiger partial charge >= 0.3 is 5.97 Å². The van der Waals surface area contributed by atoms with Crippen LogP contribution < -0.4 is 18.9 Å². The van der Waals surface area contributed by atoms with E-state index < -0.39 is 0 Å². The SMILES string of the molecule is C=CCCCCCCC(=O)OCc1ccc2c(c1)OCCOCCOCCOc1ccccc1OCCOCCOCCO2. The predicted octanol–water partition coefficient (Wildman–Crippen LogP) is 5.55. The van der Waals surface area contributed by atoms with Gasteiger partial charge in [-0.3, -0.25) is 4.79 Å². The number of fused-ring (bicyclic) bond motifs is 2. The summed E-state index contributed by atoms with van der Waals surface area (Å²) in [5, 5.41) is 0. The van der Waals surface area contributed by atoms with Crippen LogP contribution in [0.3, 0.4) is 0 Å². The largest absolute Gasteiger partial charge is 0.487 e. The summed E-state index contributed by atoms with van der Waals surface area (Å²) in [7, 11) is 0. The molecule has 0 saturated heterocycles. The fraction of sp³-hybridized carbons (Fsp3) is 0.559. The Morgan fingerprint density at radius 2 is 1.09 bits per heavy atom. The van der Waals surface area contributed by atoms with Crippen LogP contribution in [-0.2, 0) is 35.1 Å². The van der Waals surface area contributed by atoms with Gasteiger partial charge in [-0.1, -0.05) is 37.1 Å². The second-order valence-electron chi connectivity index (χ2n) is 9.97. The highest BCUT2D eigenvalue weighted by Gasteiger charge is 2.10. The highest BCUT2D eigenvalue weighted by Crippen LogP contribution is 2.29. The van der Waals surface area contributed by atoms with Crippen molar-refractivity contribution in [1.29, 1.82) is 0 Å². The molecule has 0 N–H and O–H groups in total. The third-order valence-corrected chi connectivity index (χ3v) is 6.48. The average molecular weight is 617 g/mol. The van der Waals surface area contributed by atoms with Crippen molar-refractivity contribution in [2.24, 2.45) is 0 Å². The minimum Gasteiger partial charge on any atom is -0.487 e. The third-order valence-electron chi connectivity index (χ3n) is 6.48. The van der Waals surface area contributed by atoms with Gasteiger partial charge < -0.3 is 42.6 Å². The lowest BCUT2D eigenvalue weighted by Crippen LogP contribution is -2.15. The Labute approximate surface area is 261 Å². The number of carbonyl (C=O) groups excluding carboxylic acids is 1. The first-order valence-corrected chi connectivity index (χ1v) is 15.6. The molecule has 10 nitrogen and oxygen atoms in total. The highest BCUT2D eigenvalue weighted by molar-refractivity contribution is 5.69. The van der Waals surface area contributed by atoms with Gasteiger partial charge in [0.15, 0.2) is 23.0 Å². The molecule has 0 amide bonds. The molecule has 0 saturated carbocycles. The number of benzene rings is 2. The van der Waals surface area contributed by atoms with Crippen molar-refractivity contribution in [3.63, 3.8) is 0 Å². The lowest BCUT2D eigenvalue weighted by molar-refractivity contribution is -0.145. The van der Waals surface area contributed by atoms with Crippen LogP contribution in [0.4, 0.5) is 0 Å². The number of esters is 1. The number of para-hydroxylation sites is 2. The molecule has 1 aliphatic heterocycles. The molecule has 0 unspecified atom stereocenters. The number of allylic oxidation sites excluding steroid dienone is 1. The van der Waals surface area contributed by atoms with Crippen LogP contribution in [0.25, 0.3) is 0 Å². The van der Waals surface area contributed by atoms with Crippen molar-refractivity contribution < 1.29 is 47.4 Å². The first kappa shape index (κ1) is 35.2. The van der Waals surface area contributed by atoms with Gasteiger partial charge in [-0.2, -0.15) is 0 Å². The van der Waals surface area contributed by atoms with Crippen molar-refractivity contribution in [2.45, 2.75) is 45.1 Å². The lowest BCUT2D eigenvalue weighted by Gasteiger charge is -2.15. The summed E-state index contributed by atoms with van der Waals surface area (Å²) >= 11 is 0. The maximum atomic E-state index is 12.2. The van der Waals surface area contributed by atoms with E-state index in [-0.39, 0.29) is 12.6 Å². The summed E-state index contributed by atoms with van der Waals surface area (Å²) < 4.78 is 51.6. The van der Waals surface area contributed by atoms with Crippen molar-refractivity contribution in [2.75, 3.05) is 79.3 Å². The van der Waals surface area contributed by atoms with Crippen LogP contribution in [0.2, 0.25) is 0 Å². The lowest BCUT2D eigenvalue weighted by atomic mass is 10.1. The number of hydrogen-bond donors (Lipinski definition) is 0. The van der Waals surface area contributed by atoms with Crippen LogP contribution in [0.5, 0.6) is 23.0 Å². The van der Waals surface area contributed by atoms with Crippen LogP contribution in [0, 0.1) is 0 Å². The van der Waals surface area contributed by atoms with E-state index >= 15 is 0 Å². The Hall–Kier alpha value is -3.31. The van der Waals surface area contributed by atoms with E-state index in [1.54, 1.807) is 0 Å². The van der Waals surface area contributed by atoms with Crippen molar-refractivity contribution in [3.8, 4) is 23.0 Å². The minimum atomic E-state index is -0.200. The fourth-order valence-electron chi connectivity index (χ4n) is 4.20. The molecular weight excluding hydrogens is 568 g/mol. The van der Waals surface area contributed by atoms with Gasteiger partial charge in [0.2, 0.25) is 0 Å². The smallest absolute Gasteiger partial charge is 0.306 e. The van der Waals surface area contributed by atoms with E-state index in [1.807, 2.05) is 48.5 Å². The fourth-order valence-corrected chi connectivity index (χ4v) is 4.20. The Morgan fingerprint density at radius 1 is 0.614 bits per heavy atom. The molecule has 1 heterocycles. The van der Waals surface area contributed by atoms with Crippen LogP contribution in [0.1, 0.15) is 44.1 Å². The van der Waals surface area contributed by atoms with E-state index in [9.17, 15) is 4.79 Å². The molecule has 0 bridgehead atoms. The van der Waals surface area contributed by atoms with E-state index in [0.717, 1.165) is 37.7 Å². The predicted molar refractivity (Wildman–Crippen MR) is 166 cm³/mol. The molecule has 0 atom stereocenters. The summed E-state index contributed by atoms with van der Waals surface area (Å²) in [4.78, 5) is 12.2. The van der Waals surface area contributed by atoms with E-state index in [2.05, 4.69) is 6.58 Å². The molecule has 0 aliphatic carbocycles. The standard InChI is InChI=1S/C34H48O10/c1-2-3-4-5-6-7-12-34(35)44-28-29-13-14-32-33(27-29)43-26-22-39-18-17-37-20-24-41-31-11-9-8-10-30(31)40-23-19-36-15-16-38-21-25-42-32/h2,8-11,13-14,27H,1,3-7,12,15-26,28H2. The summed E-state index contributed by atoms with van der Waals surface area (Å²) in [5.74, 6) is 2.26. The minimum absolute atomic E-state index is 0.170. The van der Waals surface area contributed by atoms with Gasteiger partial charge in [0.1, 0.15) is 33.0 Å². The Balaban J connectivity index is 1.45. The Morgan fingerprint density at radius 3 is 1.64 bits per heavy atom. The molecule has 2 aromatic carbocycles. The molecule has 244 valence electrons. The molecular formula is C34H48O10. The van der Waals surface area contributed by atoms with Crippen LogP contribution >= 0.6 is 0 Å². The summed E-state index contributed by atoms with van der Waals surface area (Å²) in [5.41, 5.74) is 0.816. The van der Waals surface area contributed by atoms with Gasteiger partial charge in [0.25, 0.3) is 0 Å². The molecule has 2 aromatic rings. The zero-order valence-corrected chi connectivity index (χ0v) is 25.8. The maximum Gasteiger partial charge on any atom is 0.306 e. The van der Waals surface area contributed by atoms with Crippen LogP contribution in [-0.4, -0.2) is 85.3 Å². The topological polar surface area (TPSA) is 100 Å². The Kier molecular flexibility index (Phi) is 18.5. The van der Waals surface area contributed by atoms with Gasteiger partial charge in [-0.05, 0) is 49.1 Å². The zero-order valence-electron chi connectivity index (χ0n) is 25.8. The van der Waals surface area contributed by atoms with E-state index in [4.69, 9.17) is 42.6 Å². The normalized spacial score (nSPS) is 16.3. The van der Waals surface area contributed by atoms with Crippen molar-refractivity contribution in [1.82, 2.24) is 0 Å². The van der Waals surface area contributed by atoms with Crippen molar-refractivity contribution in [3.05, 3.63) is 60.7 Å². The van der Waals surface area contributed by atoms with Gasteiger partial charge in [0.05, 0.1) is 52.9 Å². The molecule has 1 aliphatic rings. The van der Waals surface area contributed by atoms with Gasteiger partial charge in [-0.25, -0.2) is 0 Å². The number of carbonyl (C=O) groups is 1. The molecule has 0 radical (unpaired) electrons. The average Bonchev–Trinajstić information content (AvgIpc) is 3.04. The van der Waals surface area contributed by atoms with Crippen LogP contribution in [0.15, 0.2) is 55.1 Å². The summed E-state index contributed by atoms with van der Waals surface area (Å²) in [6.07, 6.45) is 7.39. The van der Waals surface area contributed by atoms with E-state index in [0.29, 0.717) is 109 Å². The van der Waals surface area contributed by atoms with Gasteiger partial charge in [0, 0.05) is 6.42 Å². The van der Waals surface area contributed by atoms with Crippen molar-refractivity contribution >= 4 is 5.97 Å². The molecule has 10 heteroatoms. The summed E-state index contributed by atoms with van der Waals surface area (Å²) in [6, 6.07) is 13.0. The zero-order chi connectivity index (χ0) is 30.9. The molecule has 3 rings (SSSR count). The monoisotopic (exact) mass is 616 g/mol. The molecule has 0 fully saturated rings. The quantitative estimate of drug-likeness (QED) is 0.203. The van der Waals surface area contributed by atoms with Gasteiger partial charge in [-0.15, -0.1) is 6.58 Å². The number of hydrogen-bond acceptors (Lipinski definition) is 10. The summed E-state index contributed by atoms with van der Waals surface area (Å²) in [6.45, 7) is 8.69. The highest BCUT2D eigenvalue weighted by atomic mass is 16.6. The second-order valence-corrected chi connectivity index (χ2v) is 9.97. The Bertz CT molecular complexity index is 1060. The second kappa shape index (κ2) is 23.1. The third kappa shape index (κ3) is 15.4. The maximum absolute atomic E-state index is 12.2. The first-order valence-electron chi connectivity index (χ1n) is 15.6. The number of ether oxygens (including phenoxy) is 9. The first-order chi connectivity index (χ1) is 21.8. The number of unbranched alkanes of at least 4 members (excludes halogenated alkanes) is 4. The molecule has 44 heavy (non-hydrogen) atoms.